The maximum Gasteiger partial charge on any atom is 0.243 e. The maximum absolute atomic E-state index is 12.9. The van der Waals surface area contributed by atoms with Crippen LogP contribution in [0.3, 0.4) is 0 Å². The Balaban J connectivity index is 1.92. The number of rotatable bonds is 3. The predicted octanol–water partition coefficient (Wildman–Crippen LogP) is 2.00. The van der Waals surface area contributed by atoms with Gasteiger partial charge in [-0.3, -0.25) is 4.79 Å². The van der Waals surface area contributed by atoms with Crippen LogP contribution in [0.1, 0.15) is 32.1 Å². The zero-order valence-corrected chi connectivity index (χ0v) is 14.3. The SMILES string of the molecule is CNC(=O)C1CN(S(=O)(=O)c2ccccc2)CC12CCCCC2. The number of nitrogens with zero attached hydrogens (tertiary/aromatic N) is 1. The average Bonchev–Trinajstić information content (AvgIpc) is 2.95. The van der Waals surface area contributed by atoms with Crippen molar-refractivity contribution in [1.29, 1.82) is 0 Å². The van der Waals surface area contributed by atoms with E-state index < -0.39 is 10.0 Å². The number of nitrogens with one attached hydrogen (secondary N) is 1. The lowest BCUT2D eigenvalue weighted by atomic mass is 9.67. The van der Waals surface area contributed by atoms with Crippen LogP contribution in [-0.2, 0) is 14.8 Å². The molecule has 1 atom stereocenters. The Hall–Kier alpha value is -1.40. The van der Waals surface area contributed by atoms with E-state index in [9.17, 15) is 13.2 Å². The van der Waals surface area contributed by atoms with Crippen molar-refractivity contribution in [3.05, 3.63) is 30.3 Å². The largest absolute Gasteiger partial charge is 0.359 e. The zero-order valence-electron chi connectivity index (χ0n) is 13.5. The highest BCUT2D eigenvalue weighted by molar-refractivity contribution is 7.89. The van der Waals surface area contributed by atoms with E-state index in [0.29, 0.717) is 11.4 Å². The average molecular weight is 336 g/mol. The lowest BCUT2D eigenvalue weighted by Gasteiger charge is -2.37. The number of benzene rings is 1. The van der Waals surface area contributed by atoms with Gasteiger partial charge >= 0.3 is 0 Å². The molecule has 1 aromatic rings. The molecule has 2 fully saturated rings. The molecule has 1 saturated carbocycles. The second-order valence-electron chi connectivity index (χ2n) is 6.70. The normalized spacial score (nSPS) is 24.7. The van der Waals surface area contributed by atoms with Crippen molar-refractivity contribution in [3.63, 3.8) is 0 Å². The summed E-state index contributed by atoms with van der Waals surface area (Å²) in [6.45, 7) is 0.749. The summed E-state index contributed by atoms with van der Waals surface area (Å²) >= 11 is 0. The van der Waals surface area contributed by atoms with Gasteiger partial charge in [0.2, 0.25) is 15.9 Å². The van der Waals surface area contributed by atoms with Crippen molar-refractivity contribution < 1.29 is 13.2 Å². The molecule has 126 valence electrons. The summed E-state index contributed by atoms with van der Waals surface area (Å²) in [6, 6.07) is 8.51. The van der Waals surface area contributed by atoms with Crippen LogP contribution in [0.4, 0.5) is 0 Å². The van der Waals surface area contributed by atoms with Crippen molar-refractivity contribution in [2.24, 2.45) is 11.3 Å². The predicted molar refractivity (Wildman–Crippen MR) is 88.3 cm³/mol. The van der Waals surface area contributed by atoms with Gasteiger partial charge in [-0.25, -0.2) is 8.42 Å². The first-order chi connectivity index (χ1) is 11.0. The first-order valence-corrected chi connectivity index (χ1v) is 9.70. The molecule has 0 radical (unpaired) electrons. The van der Waals surface area contributed by atoms with Gasteiger partial charge in [0.15, 0.2) is 0 Å². The van der Waals surface area contributed by atoms with E-state index in [1.807, 2.05) is 0 Å². The summed E-state index contributed by atoms with van der Waals surface area (Å²) in [5.41, 5.74) is -0.194. The van der Waals surface area contributed by atoms with E-state index in [-0.39, 0.29) is 23.8 Å². The smallest absolute Gasteiger partial charge is 0.243 e. The van der Waals surface area contributed by atoms with E-state index in [2.05, 4.69) is 5.32 Å². The van der Waals surface area contributed by atoms with Gasteiger partial charge in [0.25, 0.3) is 0 Å². The first kappa shape index (κ1) is 16.5. The molecule has 1 aliphatic heterocycles. The molecule has 2 aliphatic rings. The van der Waals surface area contributed by atoms with Crippen molar-refractivity contribution in [1.82, 2.24) is 9.62 Å². The molecule has 1 aliphatic carbocycles. The zero-order chi connectivity index (χ0) is 16.5. The Bertz CT molecular complexity index is 666. The molecule has 1 aromatic carbocycles. The minimum absolute atomic E-state index is 0.0299. The second kappa shape index (κ2) is 6.24. The molecule has 0 bridgehead atoms. The van der Waals surface area contributed by atoms with Crippen LogP contribution in [0.2, 0.25) is 0 Å². The monoisotopic (exact) mass is 336 g/mol. The number of amides is 1. The highest BCUT2D eigenvalue weighted by Gasteiger charge is 2.52. The van der Waals surface area contributed by atoms with Gasteiger partial charge in [0, 0.05) is 20.1 Å². The van der Waals surface area contributed by atoms with Crippen LogP contribution in [-0.4, -0.2) is 38.8 Å². The van der Waals surface area contributed by atoms with Gasteiger partial charge in [0.05, 0.1) is 10.8 Å². The summed E-state index contributed by atoms with van der Waals surface area (Å²) in [7, 11) is -1.90. The van der Waals surface area contributed by atoms with E-state index in [1.54, 1.807) is 37.4 Å². The van der Waals surface area contributed by atoms with Crippen LogP contribution in [0.5, 0.6) is 0 Å². The van der Waals surface area contributed by atoms with Crippen LogP contribution < -0.4 is 5.32 Å². The molecule has 1 N–H and O–H groups in total. The van der Waals surface area contributed by atoms with Crippen LogP contribution in [0.15, 0.2) is 35.2 Å². The van der Waals surface area contributed by atoms with E-state index in [0.717, 1.165) is 25.7 Å². The molecule has 1 unspecified atom stereocenters. The highest BCUT2D eigenvalue weighted by atomic mass is 32.2. The van der Waals surface area contributed by atoms with E-state index in [4.69, 9.17) is 0 Å². The van der Waals surface area contributed by atoms with Crippen molar-refractivity contribution in [3.8, 4) is 0 Å². The minimum Gasteiger partial charge on any atom is -0.359 e. The third-order valence-electron chi connectivity index (χ3n) is 5.41. The third-order valence-corrected chi connectivity index (χ3v) is 7.24. The summed E-state index contributed by atoms with van der Waals surface area (Å²) in [6.07, 6.45) is 5.20. The van der Waals surface area contributed by atoms with Gasteiger partial charge in [0.1, 0.15) is 0 Å². The van der Waals surface area contributed by atoms with Crippen molar-refractivity contribution >= 4 is 15.9 Å². The summed E-state index contributed by atoms with van der Waals surface area (Å²) in [5, 5.41) is 2.73. The van der Waals surface area contributed by atoms with E-state index >= 15 is 0 Å². The first-order valence-electron chi connectivity index (χ1n) is 8.26. The molecule has 0 aromatic heterocycles. The standard InChI is InChI=1S/C17H24N2O3S/c1-18-16(20)15-12-19(13-17(15)10-6-3-7-11-17)23(21,22)14-8-4-2-5-9-14/h2,4-5,8-9,15H,3,6-7,10-13H2,1H3,(H,18,20). The van der Waals surface area contributed by atoms with Gasteiger partial charge in [-0.1, -0.05) is 37.5 Å². The lowest BCUT2D eigenvalue weighted by Crippen LogP contribution is -2.41. The second-order valence-corrected chi connectivity index (χ2v) is 8.64. The van der Waals surface area contributed by atoms with Crippen molar-refractivity contribution in [2.75, 3.05) is 20.1 Å². The quantitative estimate of drug-likeness (QED) is 0.918. The van der Waals surface area contributed by atoms with Crippen LogP contribution in [0.25, 0.3) is 0 Å². The Morgan fingerprint density at radius 1 is 1.17 bits per heavy atom. The molecule has 23 heavy (non-hydrogen) atoms. The van der Waals surface area contributed by atoms with Gasteiger partial charge in [-0.15, -0.1) is 0 Å². The molecule has 1 spiro atoms. The Labute approximate surface area is 138 Å². The van der Waals surface area contributed by atoms with Crippen LogP contribution >= 0.6 is 0 Å². The number of hydrogen-bond donors (Lipinski definition) is 1. The maximum atomic E-state index is 12.9. The number of hydrogen-bond acceptors (Lipinski definition) is 3. The molecule has 1 amide bonds. The lowest BCUT2D eigenvalue weighted by molar-refractivity contribution is -0.127. The molecule has 6 heteroatoms. The van der Waals surface area contributed by atoms with Gasteiger partial charge < -0.3 is 5.32 Å². The number of sulfonamides is 1. The Morgan fingerprint density at radius 3 is 2.43 bits per heavy atom. The molecular weight excluding hydrogens is 312 g/mol. The van der Waals surface area contributed by atoms with Crippen LogP contribution in [0, 0.1) is 11.3 Å². The molecule has 1 saturated heterocycles. The Kier molecular flexibility index (Phi) is 4.47. The minimum atomic E-state index is -3.54. The molecule has 3 rings (SSSR count). The summed E-state index contributed by atoms with van der Waals surface area (Å²) in [4.78, 5) is 12.7. The number of carbonyl (C=O) groups is 1. The number of carbonyl (C=O) groups excluding carboxylic acids is 1. The van der Waals surface area contributed by atoms with E-state index in [1.165, 1.54) is 10.7 Å². The van der Waals surface area contributed by atoms with Gasteiger partial charge in [-0.05, 0) is 30.4 Å². The fourth-order valence-corrected chi connectivity index (χ4v) is 5.72. The molecule has 1 heterocycles. The third kappa shape index (κ3) is 2.90. The fourth-order valence-electron chi connectivity index (χ4n) is 4.15. The Morgan fingerprint density at radius 2 is 1.83 bits per heavy atom. The van der Waals surface area contributed by atoms with Gasteiger partial charge in [-0.2, -0.15) is 4.31 Å². The highest BCUT2D eigenvalue weighted by Crippen LogP contribution is 2.48. The summed E-state index contributed by atoms with van der Waals surface area (Å²) in [5.74, 6) is -0.274. The fraction of sp³-hybridized carbons (Fsp3) is 0.588. The molecule has 5 nitrogen and oxygen atoms in total. The molecular formula is C17H24N2O3S. The topological polar surface area (TPSA) is 66.5 Å². The van der Waals surface area contributed by atoms with Crippen molar-refractivity contribution in [2.45, 2.75) is 37.0 Å². The summed E-state index contributed by atoms with van der Waals surface area (Å²) < 4.78 is 27.3.